The minimum atomic E-state index is -4.54. The smallest absolute Gasteiger partial charge is 0.394 e. The molecular weight excluding hydrogens is 321 g/mol. The molecule has 4 atom stereocenters. The first-order chi connectivity index (χ1) is 10.6. The van der Waals surface area contributed by atoms with Gasteiger partial charge >= 0.3 is 6.18 Å². The third kappa shape index (κ3) is 3.62. The number of aromatic amines is 1. The Balaban J connectivity index is 2.29. The summed E-state index contributed by atoms with van der Waals surface area (Å²) in [6.07, 6.45) is -11.8. The van der Waals surface area contributed by atoms with Crippen molar-refractivity contribution in [3.05, 3.63) is 29.6 Å². The molecule has 1 aromatic heterocycles. The molecular formula is C13H15F3N2O5. The summed E-state index contributed by atoms with van der Waals surface area (Å²) < 4.78 is 37.9. The molecule has 0 fully saturated rings. The number of hydrogen-bond donors (Lipinski definition) is 6. The largest absolute Gasteiger partial charge is 0.416 e. The van der Waals surface area contributed by atoms with Crippen LogP contribution in [-0.2, 0) is 6.18 Å². The molecule has 7 nitrogen and oxygen atoms in total. The van der Waals surface area contributed by atoms with Crippen LogP contribution in [0.2, 0.25) is 0 Å². The standard InChI is InChI=1S/C13H15F3N2O5/c14-13(15,16)5-1-2-6-7(3-5)18-12(17-6)11(23)10(22)9(21)8(20)4-19/h1-3,8-11,19-23H,4H2,(H,17,18)/t8?,9-,10+,11?/m1/s1. The van der Waals surface area contributed by atoms with Gasteiger partial charge in [-0.2, -0.15) is 13.2 Å². The third-order valence-corrected chi connectivity index (χ3v) is 3.36. The Kier molecular flexibility index (Phi) is 4.92. The summed E-state index contributed by atoms with van der Waals surface area (Å²) in [7, 11) is 0. The molecule has 0 aliphatic carbocycles. The van der Waals surface area contributed by atoms with Gasteiger partial charge in [0.1, 0.15) is 30.2 Å². The van der Waals surface area contributed by atoms with E-state index in [2.05, 4.69) is 9.97 Å². The number of fused-ring (bicyclic) bond motifs is 1. The number of rotatable bonds is 5. The number of nitrogens with zero attached hydrogens (tertiary/aromatic N) is 1. The molecule has 0 aliphatic heterocycles. The Hall–Kier alpha value is -1.72. The van der Waals surface area contributed by atoms with Crippen LogP contribution in [-0.4, -0.2) is 60.4 Å². The van der Waals surface area contributed by atoms with Crippen molar-refractivity contribution >= 4 is 11.0 Å². The lowest BCUT2D eigenvalue weighted by molar-refractivity contribution is -0.137. The van der Waals surface area contributed by atoms with Crippen molar-refractivity contribution in [2.75, 3.05) is 6.61 Å². The number of aromatic nitrogens is 2. The van der Waals surface area contributed by atoms with Crippen molar-refractivity contribution in [1.29, 1.82) is 0 Å². The van der Waals surface area contributed by atoms with Crippen molar-refractivity contribution in [3.8, 4) is 0 Å². The van der Waals surface area contributed by atoms with Gasteiger partial charge < -0.3 is 30.5 Å². The summed E-state index contributed by atoms with van der Waals surface area (Å²) in [4.78, 5) is 6.26. The Morgan fingerprint density at radius 1 is 1.09 bits per heavy atom. The SMILES string of the molecule is OCC(O)[C@@H](O)[C@H](O)C(O)c1nc2ccc(C(F)(F)F)cc2[nH]1. The third-order valence-electron chi connectivity index (χ3n) is 3.36. The summed E-state index contributed by atoms with van der Waals surface area (Å²) >= 11 is 0. The van der Waals surface area contributed by atoms with Gasteiger partial charge in [0.25, 0.3) is 0 Å². The molecule has 2 rings (SSSR count). The Bertz CT molecular complexity index is 675. The minimum Gasteiger partial charge on any atom is -0.394 e. The van der Waals surface area contributed by atoms with Gasteiger partial charge in [0.15, 0.2) is 0 Å². The number of H-pyrrole nitrogens is 1. The lowest BCUT2D eigenvalue weighted by Gasteiger charge is -2.24. The molecule has 0 spiro atoms. The van der Waals surface area contributed by atoms with Crippen molar-refractivity contribution in [2.45, 2.75) is 30.6 Å². The molecule has 0 amide bonds. The van der Waals surface area contributed by atoms with Gasteiger partial charge in [-0.3, -0.25) is 0 Å². The Morgan fingerprint density at radius 3 is 2.30 bits per heavy atom. The van der Waals surface area contributed by atoms with E-state index in [1.807, 2.05) is 0 Å². The molecule has 0 radical (unpaired) electrons. The first kappa shape index (κ1) is 17.6. The summed E-state index contributed by atoms with van der Waals surface area (Å²) in [5.41, 5.74) is -0.805. The number of nitrogens with one attached hydrogen (secondary N) is 1. The molecule has 128 valence electrons. The van der Waals surface area contributed by atoms with Gasteiger partial charge in [-0.25, -0.2) is 4.98 Å². The number of hydrogen-bond acceptors (Lipinski definition) is 6. The highest BCUT2D eigenvalue weighted by molar-refractivity contribution is 5.76. The molecule has 2 unspecified atom stereocenters. The van der Waals surface area contributed by atoms with Gasteiger partial charge in [0.2, 0.25) is 0 Å². The predicted octanol–water partition coefficient (Wildman–Crippen LogP) is -0.310. The average molecular weight is 336 g/mol. The lowest BCUT2D eigenvalue weighted by Crippen LogP contribution is -2.42. The van der Waals surface area contributed by atoms with E-state index in [1.165, 1.54) is 0 Å². The van der Waals surface area contributed by atoms with Crippen molar-refractivity contribution in [2.24, 2.45) is 0 Å². The van der Waals surface area contributed by atoms with E-state index in [4.69, 9.17) is 5.11 Å². The minimum absolute atomic E-state index is 0.0155. The van der Waals surface area contributed by atoms with Gasteiger partial charge in [-0.05, 0) is 18.2 Å². The van der Waals surface area contributed by atoms with Crippen LogP contribution in [0.5, 0.6) is 0 Å². The fourth-order valence-corrected chi connectivity index (χ4v) is 2.03. The highest BCUT2D eigenvalue weighted by Gasteiger charge is 2.33. The van der Waals surface area contributed by atoms with E-state index in [0.717, 1.165) is 18.2 Å². The number of imidazole rings is 1. The van der Waals surface area contributed by atoms with Crippen LogP contribution in [0.1, 0.15) is 17.5 Å². The number of benzene rings is 1. The fraction of sp³-hybridized carbons (Fsp3) is 0.462. The van der Waals surface area contributed by atoms with Gasteiger partial charge in [0, 0.05) is 0 Å². The van der Waals surface area contributed by atoms with Gasteiger partial charge in [-0.15, -0.1) is 0 Å². The zero-order valence-corrected chi connectivity index (χ0v) is 11.6. The summed E-state index contributed by atoms with van der Waals surface area (Å²) in [6, 6.07) is 2.71. The molecule has 6 N–H and O–H groups in total. The summed E-state index contributed by atoms with van der Waals surface area (Å²) in [5.74, 6) is -0.281. The van der Waals surface area contributed by atoms with Gasteiger partial charge in [0.05, 0.1) is 23.2 Å². The van der Waals surface area contributed by atoms with Crippen LogP contribution in [0, 0.1) is 0 Å². The predicted molar refractivity (Wildman–Crippen MR) is 71.2 cm³/mol. The monoisotopic (exact) mass is 336 g/mol. The lowest BCUT2D eigenvalue weighted by atomic mass is 10.0. The zero-order valence-electron chi connectivity index (χ0n) is 11.6. The summed E-state index contributed by atoms with van der Waals surface area (Å²) in [5, 5.41) is 47.1. The maximum absolute atomic E-state index is 12.6. The van der Waals surface area contributed by atoms with Crippen LogP contribution in [0.25, 0.3) is 11.0 Å². The quantitative estimate of drug-likeness (QED) is 0.444. The van der Waals surface area contributed by atoms with E-state index in [-0.39, 0.29) is 16.9 Å². The molecule has 0 aliphatic rings. The van der Waals surface area contributed by atoms with Crippen LogP contribution < -0.4 is 0 Å². The second-order valence-electron chi connectivity index (χ2n) is 5.03. The second kappa shape index (κ2) is 6.42. The van der Waals surface area contributed by atoms with Crippen molar-refractivity contribution in [3.63, 3.8) is 0 Å². The first-order valence-corrected chi connectivity index (χ1v) is 6.55. The van der Waals surface area contributed by atoms with Crippen molar-refractivity contribution < 1.29 is 38.7 Å². The number of aliphatic hydroxyl groups excluding tert-OH is 5. The zero-order chi connectivity index (χ0) is 17.4. The summed E-state index contributed by atoms with van der Waals surface area (Å²) in [6.45, 7) is -0.847. The van der Waals surface area contributed by atoms with E-state index in [0.29, 0.717) is 0 Å². The number of aliphatic hydroxyl groups is 5. The molecule has 23 heavy (non-hydrogen) atoms. The Labute approximate surface area is 127 Å². The Morgan fingerprint density at radius 2 is 1.74 bits per heavy atom. The van der Waals surface area contributed by atoms with E-state index >= 15 is 0 Å². The number of halogens is 3. The maximum Gasteiger partial charge on any atom is 0.416 e. The van der Waals surface area contributed by atoms with Crippen LogP contribution in [0.3, 0.4) is 0 Å². The normalized spacial score (nSPS) is 17.9. The molecule has 0 saturated carbocycles. The molecule has 0 bridgehead atoms. The van der Waals surface area contributed by atoms with Gasteiger partial charge in [-0.1, -0.05) is 0 Å². The second-order valence-corrected chi connectivity index (χ2v) is 5.03. The van der Waals surface area contributed by atoms with E-state index in [9.17, 15) is 33.6 Å². The highest BCUT2D eigenvalue weighted by atomic mass is 19.4. The average Bonchev–Trinajstić information content (AvgIpc) is 2.94. The van der Waals surface area contributed by atoms with Crippen LogP contribution >= 0.6 is 0 Å². The molecule has 1 aromatic carbocycles. The molecule has 2 aromatic rings. The molecule has 0 saturated heterocycles. The topological polar surface area (TPSA) is 130 Å². The number of alkyl halides is 3. The first-order valence-electron chi connectivity index (χ1n) is 6.55. The van der Waals surface area contributed by atoms with Crippen LogP contribution in [0.4, 0.5) is 13.2 Å². The highest BCUT2D eigenvalue weighted by Crippen LogP contribution is 2.31. The van der Waals surface area contributed by atoms with E-state index in [1.54, 1.807) is 0 Å². The fourth-order valence-electron chi connectivity index (χ4n) is 2.03. The molecule has 1 heterocycles. The van der Waals surface area contributed by atoms with Crippen molar-refractivity contribution in [1.82, 2.24) is 9.97 Å². The van der Waals surface area contributed by atoms with Crippen LogP contribution in [0.15, 0.2) is 18.2 Å². The van der Waals surface area contributed by atoms with E-state index < -0.39 is 42.8 Å². The maximum atomic E-state index is 12.6. The molecule has 10 heteroatoms.